The molecule has 0 aliphatic heterocycles. The van der Waals surface area contributed by atoms with Crippen molar-refractivity contribution >= 4 is 5.69 Å². The van der Waals surface area contributed by atoms with Crippen LogP contribution >= 0.6 is 0 Å². The number of hydrogen-bond donors (Lipinski definition) is 1. The molecule has 2 aromatic rings. The van der Waals surface area contributed by atoms with Gasteiger partial charge in [-0.15, -0.1) is 0 Å². The van der Waals surface area contributed by atoms with Gasteiger partial charge in [0, 0.05) is 5.56 Å². The molecule has 0 spiro atoms. The summed E-state index contributed by atoms with van der Waals surface area (Å²) in [5.74, 6) is -0.482. The van der Waals surface area contributed by atoms with E-state index in [1.165, 1.54) is 25.3 Å². The molecule has 0 saturated carbocycles. The summed E-state index contributed by atoms with van der Waals surface area (Å²) >= 11 is 0. The number of ether oxygens (including phenoxy) is 2. The van der Waals surface area contributed by atoms with Gasteiger partial charge in [0.1, 0.15) is 12.7 Å². The van der Waals surface area contributed by atoms with Gasteiger partial charge in [0.15, 0.2) is 17.3 Å². The highest BCUT2D eigenvalue weighted by atomic mass is 19.1. The molecule has 2 rings (SSSR count). The van der Waals surface area contributed by atoms with Crippen LogP contribution in [-0.2, 0) is 0 Å². The van der Waals surface area contributed by atoms with Crippen LogP contribution < -0.4 is 9.47 Å². The smallest absolute Gasteiger partial charge is 0.313 e. The van der Waals surface area contributed by atoms with E-state index in [4.69, 9.17) is 9.47 Å². The zero-order valence-corrected chi connectivity index (χ0v) is 12.7. The Hall–Kier alpha value is -2.67. The summed E-state index contributed by atoms with van der Waals surface area (Å²) in [5, 5.41) is 21.1. The minimum absolute atomic E-state index is 0.0584. The van der Waals surface area contributed by atoms with Gasteiger partial charge < -0.3 is 14.6 Å². The molecule has 7 heteroatoms. The standard InChI is InChI=1S/C16H16FNO5/c1-10-4-3-5-15(16(10)18(20)21)23-9-13(19)11-6-7-14(22-2)12(17)8-11/h3-8,13,19H,9H2,1-2H3. The Morgan fingerprint density at radius 1 is 1.30 bits per heavy atom. The molecule has 0 bridgehead atoms. The molecular formula is C16H16FNO5. The molecule has 2 aromatic carbocycles. The molecule has 0 saturated heterocycles. The lowest BCUT2D eigenvalue weighted by molar-refractivity contribution is -0.386. The van der Waals surface area contributed by atoms with Crippen molar-refractivity contribution in [1.82, 2.24) is 0 Å². The largest absolute Gasteiger partial charge is 0.494 e. The van der Waals surface area contributed by atoms with Gasteiger partial charge in [-0.1, -0.05) is 18.2 Å². The lowest BCUT2D eigenvalue weighted by atomic mass is 10.1. The molecule has 0 amide bonds. The zero-order valence-electron chi connectivity index (χ0n) is 12.7. The molecule has 0 aromatic heterocycles. The van der Waals surface area contributed by atoms with Crippen molar-refractivity contribution in [3.05, 3.63) is 63.5 Å². The van der Waals surface area contributed by atoms with Crippen LogP contribution in [0.5, 0.6) is 11.5 Å². The number of nitrogens with zero attached hydrogens (tertiary/aromatic N) is 1. The first kappa shape index (κ1) is 16.7. The molecule has 0 heterocycles. The monoisotopic (exact) mass is 321 g/mol. The van der Waals surface area contributed by atoms with Crippen LogP contribution in [0.4, 0.5) is 10.1 Å². The van der Waals surface area contributed by atoms with E-state index in [9.17, 15) is 19.6 Å². The average Bonchev–Trinajstić information content (AvgIpc) is 2.52. The number of methoxy groups -OCH3 is 1. The maximum absolute atomic E-state index is 13.6. The van der Waals surface area contributed by atoms with Gasteiger partial charge >= 0.3 is 5.69 Å². The number of halogens is 1. The van der Waals surface area contributed by atoms with E-state index in [1.54, 1.807) is 19.1 Å². The highest BCUT2D eigenvalue weighted by Crippen LogP contribution is 2.31. The van der Waals surface area contributed by atoms with E-state index in [-0.39, 0.29) is 23.8 Å². The van der Waals surface area contributed by atoms with E-state index in [0.717, 1.165) is 6.07 Å². The number of aliphatic hydroxyl groups excluding tert-OH is 1. The molecule has 23 heavy (non-hydrogen) atoms. The van der Waals surface area contributed by atoms with Crippen LogP contribution in [-0.4, -0.2) is 23.7 Å². The normalized spacial score (nSPS) is 11.8. The lowest BCUT2D eigenvalue weighted by Gasteiger charge is -2.14. The lowest BCUT2D eigenvalue weighted by Crippen LogP contribution is -2.11. The Labute approximate surface area is 132 Å². The maximum Gasteiger partial charge on any atom is 0.313 e. The molecule has 6 nitrogen and oxygen atoms in total. The van der Waals surface area contributed by atoms with Crippen molar-refractivity contribution in [3.8, 4) is 11.5 Å². The molecule has 0 aliphatic carbocycles. The molecular weight excluding hydrogens is 305 g/mol. The number of aliphatic hydroxyl groups is 1. The Kier molecular flexibility index (Phi) is 5.13. The summed E-state index contributed by atoms with van der Waals surface area (Å²) in [7, 11) is 1.34. The van der Waals surface area contributed by atoms with Gasteiger partial charge in [0.25, 0.3) is 0 Å². The summed E-state index contributed by atoms with van der Waals surface area (Å²) in [4.78, 5) is 10.5. The first-order chi connectivity index (χ1) is 10.9. The second-order valence-corrected chi connectivity index (χ2v) is 4.90. The molecule has 1 unspecified atom stereocenters. The second kappa shape index (κ2) is 7.06. The zero-order chi connectivity index (χ0) is 17.0. The summed E-state index contributed by atoms with van der Waals surface area (Å²) in [6.45, 7) is 1.36. The third kappa shape index (κ3) is 3.75. The van der Waals surface area contributed by atoms with Gasteiger partial charge in [0.2, 0.25) is 0 Å². The fraction of sp³-hybridized carbons (Fsp3) is 0.250. The van der Waals surface area contributed by atoms with Crippen molar-refractivity contribution in [1.29, 1.82) is 0 Å². The topological polar surface area (TPSA) is 81.8 Å². The minimum atomic E-state index is -1.13. The molecule has 122 valence electrons. The third-order valence-electron chi connectivity index (χ3n) is 3.34. The van der Waals surface area contributed by atoms with Crippen LogP contribution in [0.15, 0.2) is 36.4 Å². The third-order valence-corrected chi connectivity index (χ3v) is 3.34. The predicted octanol–water partition coefficient (Wildman–Crippen LogP) is 3.16. The molecule has 1 N–H and O–H groups in total. The Morgan fingerprint density at radius 2 is 2.04 bits per heavy atom. The number of nitro groups is 1. The Balaban J connectivity index is 2.13. The highest BCUT2D eigenvalue weighted by Gasteiger charge is 2.20. The fourth-order valence-electron chi connectivity index (χ4n) is 2.14. The van der Waals surface area contributed by atoms with Gasteiger partial charge in [-0.2, -0.15) is 0 Å². The Bertz CT molecular complexity index is 720. The summed E-state index contributed by atoms with van der Waals surface area (Å²) < 4.78 is 23.8. The Morgan fingerprint density at radius 3 is 2.65 bits per heavy atom. The number of benzene rings is 2. The van der Waals surface area contributed by atoms with Crippen molar-refractivity contribution < 1.29 is 23.9 Å². The minimum Gasteiger partial charge on any atom is -0.494 e. The summed E-state index contributed by atoms with van der Waals surface area (Å²) in [6.07, 6.45) is -1.13. The van der Waals surface area contributed by atoms with Crippen molar-refractivity contribution in [3.63, 3.8) is 0 Å². The van der Waals surface area contributed by atoms with Crippen LogP contribution in [0.3, 0.4) is 0 Å². The van der Waals surface area contributed by atoms with Crippen LogP contribution in [0.25, 0.3) is 0 Å². The van der Waals surface area contributed by atoms with Crippen molar-refractivity contribution in [2.24, 2.45) is 0 Å². The van der Waals surface area contributed by atoms with E-state index in [0.29, 0.717) is 11.1 Å². The van der Waals surface area contributed by atoms with Gasteiger partial charge in [-0.3, -0.25) is 10.1 Å². The number of hydrogen-bond acceptors (Lipinski definition) is 5. The molecule has 1 atom stereocenters. The first-order valence-corrected chi connectivity index (χ1v) is 6.82. The first-order valence-electron chi connectivity index (χ1n) is 6.82. The molecule has 0 fully saturated rings. The van der Waals surface area contributed by atoms with E-state index in [1.807, 2.05) is 0 Å². The summed E-state index contributed by atoms with van der Waals surface area (Å²) in [6, 6.07) is 8.70. The van der Waals surface area contributed by atoms with Gasteiger partial charge in [-0.05, 0) is 30.7 Å². The quantitative estimate of drug-likeness (QED) is 0.653. The average molecular weight is 321 g/mol. The number of aryl methyl sites for hydroxylation is 1. The maximum atomic E-state index is 13.6. The van der Waals surface area contributed by atoms with E-state index >= 15 is 0 Å². The highest BCUT2D eigenvalue weighted by molar-refractivity contribution is 5.52. The van der Waals surface area contributed by atoms with Crippen molar-refractivity contribution in [2.45, 2.75) is 13.0 Å². The fourth-order valence-corrected chi connectivity index (χ4v) is 2.14. The van der Waals surface area contributed by atoms with Gasteiger partial charge in [0.05, 0.1) is 12.0 Å². The number of para-hydroxylation sites is 1. The molecule has 0 aliphatic rings. The second-order valence-electron chi connectivity index (χ2n) is 4.90. The van der Waals surface area contributed by atoms with Crippen LogP contribution in [0, 0.1) is 22.9 Å². The van der Waals surface area contributed by atoms with Crippen LogP contribution in [0.1, 0.15) is 17.2 Å². The predicted molar refractivity (Wildman–Crippen MR) is 81.2 cm³/mol. The summed E-state index contributed by atoms with van der Waals surface area (Å²) in [5.41, 5.74) is 0.594. The SMILES string of the molecule is COc1ccc(C(O)COc2cccc(C)c2[N+](=O)[O-])cc1F. The van der Waals surface area contributed by atoms with E-state index < -0.39 is 16.8 Å². The van der Waals surface area contributed by atoms with Crippen LogP contribution in [0.2, 0.25) is 0 Å². The number of rotatable bonds is 6. The molecule has 0 radical (unpaired) electrons. The van der Waals surface area contributed by atoms with Crippen molar-refractivity contribution in [2.75, 3.05) is 13.7 Å². The van der Waals surface area contributed by atoms with Gasteiger partial charge in [-0.25, -0.2) is 4.39 Å². The number of nitro benzene ring substituents is 1. The van der Waals surface area contributed by atoms with E-state index in [2.05, 4.69) is 0 Å².